The first-order valence-electron chi connectivity index (χ1n) is 21.7. The van der Waals surface area contributed by atoms with Gasteiger partial charge in [0.15, 0.2) is 24.5 Å². The molecule has 8 rings (SSSR count). The zero-order valence-electron chi connectivity index (χ0n) is 35.8. The van der Waals surface area contributed by atoms with E-state index < -0.39 is 54.5 Å². The molecule has 59 heavy (non-hydrogen) atoms. The van der Waals surface area contributed by atoms with Crippen LogP contribution in [-0.4, -0.2) is 110 Å². The Morgan fingerprint density at radius 3 is 2.37 bits per heavy atom. The summed E-state index contributed by atoms with van der Waals surface area (Å²) in [4.78, 5) is 51.4. The predicted molar refractivity (Wildman–Crippen MR) is 210 cm³/mol. The van der Waals surface area contributed by atoms with E-state index in [2.05, 4.69) is 49.0 Å². The van der Waals surface area contributed by atoms with Crippen LogP contribution in [0.15, 0.2) is 29.0 Å². The van der Waals surface area contributed by atoms with Crippen LogP contribution in [0, 0.1) is 35.0 Å². The van der Waals surface area contributed by atoms with Gasteiger partial charge in [0.25, 0.3) is 0 Å². The van der Waals surface area contributed by atoms with Gasteiger partial charge in [-0.15, -0.1) is 5.10 Å². The van der Waals surface area contributed by atoms with E-state index >= 15 is 0 Å². The van der Waals surface area contributed by atoms with Gasteiger partial charge >= 0.3 is 23.9 Å². The summed E-state index contributed by atoms with van der Waals surface area (Å²) in [6, 6.07) is 0.156. The van der Waals surface area contributed by atoms with Gasteiger partial charge in [-0.05, 0) is 93.0 Å². The Morgan fingerprint density at radius 2 is 1.66 bits per heavy atom. The summed E-state index contributed by atoms with van der Waals surface area (Å²) in [6.45, 7) is 15.3. The highest BCUT2D eigenvalue weighted by Gasteiger charge is 2.62. The summed E-state index contributed by atoms with van der Waals surface area (Å²) < 4.78 is 37.3. The van der Waals surface area contributed by atoms with Gasteiger partial charge in [-0.1, -0.05) is 43.2 Å². The molecule has 4 heterocycles. The number of aliphatic hydroxyl groups is 1. The van der Waals surface area contributed by atoms with Gasteiger partial charge in [-0.2, -0.15) is 0 Å². The van der Waals surface area contributed by atoms with E-state index in [-0.39, 0.29) is 41.8 Å². The first kappa shape index (κ1) is 42.0. The minimum absolute atomic E-state index is 0.0601. The molecule has 0 bridgehead atoms. The highest BCUT2D eigenvalue weighted by atomic mass is 16.7. The third kappa shape index (κ3) is 7.56. The second kappa shape index (κ2) is 16.0. The number of hydrogen-bond donors (Lipinski definition) is 1. The molecule has 3 saturated heterocycles. The minimum Gasteiger partial charge on any atom is -0.463 e. The van der Waals surface area contributed by atoms with Gasteiger partial charge in [0.1, 0.15) is 12.7 Å². The lowest BCUT2D eigenvalue weighted by Crippen LogP contribution is -2.60. The van der Waals surface area contributed by atoms with E-state index in [1.54, 1.807) is 11.8 Å². The molecule has 7 aliphatic rings. The molecule has 15 nitrogen and oxygen atoms in total. The molecule has 15 atom stereocenters. The molecule has 2 saturated carbocycles. The van der Waals surface area contributed by atoms with Crippen LogP contribution in [0.5, 0.6) is 0 Å². The molecule has 0 radical (unpaired) electrons. The predicted octanol–water partition coefficient (Wildman–Crippen LogP) is 4.76. The molecular weight excluding hydrogens is 761 g/mol. The van der Waals surface area contributed by atoms with Gasteiger partial charge in [-0.25, -0.2) is 4.68 Å². The van der Waals surface area contributed by atoms with E-state index in [1.165, 1.54) is 43.5 Å². The van der Waals surface area contributed by atoms with E-state index in [0.717, 1.165) is 57.9 Å². The van der Waals surface area contributed by atoms with Crippen molar-refractivity contribution >= 4 is 23.9 Å². The number of fused-ring (bicyclic) bond motifs is 6. The second-order valence-electron chi connectivity index (χ2n) is 18.9. The van der Waals surface area contributed by atoms with Crippen LogP contribution >= 0.6 is 0 Å². The number of piperidine rings is 1. The van der Waals surface area contributed by atoms with E-state index in [9.17, 15) is 24.3 Å². The van der Waals surface area contributed by atoms with E-state index in [4.69, 9.17) is 28.4 Å². The van der Waals surface area contributed by atoms with Crippen molar-refractivity contribution in [3.8, 4) is 0 Å². The van der Waals surface area contributed by atoms with Crippen LogP contribution in [0.25, 0.3) is 0 Å². The molecular formula is C44H62N4O11. The fourth-order valence-electron chi connectivity index (χ4n) is 12.8. The summed E-state index contributed by atoms with van der Waals surface area (Å²) in [6.07, 6.45) is 6.08. The molecule has 2 unspecified atom stereocenters. The summed E-state index contributed by atoms with van der Waals surface area (Å²) in [5, 5.41) is 19.5. The third-order valence-electron chi connectivity index (χ3n) is 15.2. The Labute approximate surface area is 346 Å². The minimum atomic E-state index is -1.31. The number of nitrogens with zero attached hydrogens (tertiary/aromatic N) is 4. The summed E-state index contributed by atoms with van der Waals surface area (Å²) in [7, 11) is 0. The Hall–Kier alpha value is -3.66. The first-order chi connectivity index (χ1) is 28.0. The average Bonchev–Trinajstić information content (AvgIpc) is 3.86. The van der Waals surface area contributed by atoms with Gasteiger partial charge < -0.3 is 33.5 Å². The van der Waals surface area contributed by atoms with Gasteiger partial charge in [0.2, 0.25) is 0 Å². The van der Waals surface area contributed by atoms with Crippen LogP contribution in [0.3, 0.4) is 0 Å². The van der Waals surface area contributed by atoms with E-state index in [1.807, 2.05) is 0 Å². The number of carbonyl (C=O) groups is 4. The molecule has 1 aromatic rings. The van der Waals surface area contributed by atoms with Crippen molar-refractivity contribution < 1.29 is 52.7 Å². The number of ether oxygens (including phenoxy) is 6. The van der Waals surface area contributed by atoms with Crippen LogP contribution in [0.4, 0.5) is 0 Å². The maximum atomic E-state index is 12.5. The fourth-order valence-corrected chi connectivity index (χ4v) is 12.8. The lowest BCUT2D eigenvalue weighted by Gasteiger charge is -2.49. The summed E-state index contributed by atoms with van der Waals surface area (Å²) in [5.41, 5.74) is 5.06. The van der Waals surface area contributed by atoms with Crippen LogP contribution in [-0.2, 0) is 54.1 Å². The van der Waals surface area contributed by atoms with Gasteiger partial charge in [0.05, 0.1) is 29.7 Å². The maximum absolute atomic E-state index is 12.5. The Kier molecular flexibility index (Phi) is 11.4. The lowest BCUT2D eigenvalue weighted by atomic mass is 9.56. The number of esters is 4. The SMILES string of the molecule is CC(=O)OCC1O[C@@H](n2cc(CN3C[C@@H](C)C[C@H]4O[C@]5(CC[C@@H]6C(=C5C)C[C@H]5[C@H]6CC=C6C[C@@H](O)CC[C@@]65C)[C@H](C)[C@@H]43)nn2)[C@H](OC(C)=O)C(OC(C)=O)[C@@H]1OC(C)=O. The number of aromatic nitrogens is 3. The molecule has 1 aromatic heterocycles. The molecule has 1 spiro atoms. The van der Waals surface area contributed by atoms with Gasteiger partial charge in [0, 0.05) is 52.7 Å². The standard InChI is InChI=1S/C44H62N4O11/c1-22-15-36-38(24(3)44(59-36)14-12-32-33-10-9-29-16-31(53)11-13-43(29,8)35(33)17-34(32)23(44)2)47(18-22)19-30-20-48(46-45-30)42-41(57-28(7)52)40(56-27(6)51)39(55-26(5)50)37(58-42)21-54-25(4)49/h9,20,22,24,31-33,35-42,53H,10-19,21H2,1-8H3/t22-,24+,31-,32-,33-,35-,36+,37?,38-,39+,40?,41+,42+,43-,44-/m0/s1. The molecule has 0 aromatic carbocycles. The average molecular weight is 823 g/mol. The zero-order valence-corrected chi connectivity index (χ0v) is 35.8. The van der Waals surface area contributed by atoms with Crippen LogP contribution < -0.4 is 0 Å². The van der Waals surface area contributed by atoms with Crippen molar-refractivity contribution in [2.45, 2.75) is 168 Å². The lowest BCUT2D eigenvalue weighted by molar-refractivity contribution is -0.270. The molecule has 324 valence electrons. The quantitative estimate of drug-likeness (QED) is 0.216. The number of rotatable bonds is 8. The molecule has 0 amide bonds. The van der Waals surface area contributed by atoms with E-state index in [0.29, 0.717) is 35.9 Å². The third-order valence-corrected chi connectivity index (χ3v) is 15.2. The van der Waals surface area contributed by atoms with Crippen molar-refractivity contribution in [1.82, 2.24) is 19.9 Å². The van der Waals surface area contributed by atoms with Crippen molar-refractivity contribution in [2.24, 2.45) is 35.0 Å². The van der Waals surface area contributed by atoms with Crippen molar-refractivity contribution in [3.63, 3.8) is 0 Å². The monoisotopic (exact) mass is 822 g/mol. The summed E-state index contributed by atoms with van der Waals surface area (Å²) >= 11 is 0. The maximum Gasteiger partial charge on any atom is 0.303 e. The molecule has 1 N–H and O–H groups in total. The first-order valence-corrected chi connectivity index (χ1v) is 21.7. The van der Waals surface area contributed by atoms with Gasteiger partial charge in [-0.3, -0.25) is 24.1 Å². The topological polar surface area (TPSA) is 178 Å². The fraction of sp³-hybridized carbons (Fsp3) is 0.773. The number of allylic oxidation sites excluding steroid dienone is 2. The smallest absolute Gasteiger partial charge is 0.303 e. The number of aliphatic hydroxyl groups excluding tert-OH is 1. The van der Waals surface area contributed by atoms with Crippen LogP contribution in [0.2, 0.25) is 0 Å². The molecule has 15 heteroatoms. The number of likely N-dealkylation sites (tertiary alicyclic amines) is 1. The van der Waals surface area contributed by atoms with Crippen molar-refractivity contribution in [2.75, 3.05) is 13.2 Å². The summed E-state index contributed by atoms with van der Waals surface area (Å²) in [5.74, 6) is -0.190. The Morgan fingerprint density at radius 1 is 0.949 bits per heavy atom. The Balaban J connectivity index is 1.05. The number of carbonyl (C=O) groups excluding carboxylic acids is 4. The highest BCUT2D eigenvalue weighted by Crippen LogP contribution is 2.65. The molecule has 5 fully saturated rings. The largest absolute Gasteiger partial charge is 0.463 e. The number of hydrogen-bond acceptors (Lipinski definition) is 14. The van der Waals surface area contributed by atoms with Crippen molar-refractivity contribution in [3.05, 3.63) is 34.7 Å². The zero-order chi connectivity index (χ0) is 42.1. The Bertz CT molecular complexity index is 1900. The normalized spacial score (nSPS) is 41.6. The second-order valence-corrected chi connectivity index (χ2v) is 18.9. The molecule has 3 aliphatic heterocycles. The highest BCUT2D eigenvalue weighted by molar-refractivity contribution is 5.68. The molecule has 4 aliphatic carbocycles. The van der Waals surface area contributed by atoms with Crippen molar-refractivity contribution in [1.29, 1.82) is 0 Å². The van der Waals surface area contributed by atoms with Crippen LogP contribution in [0.1, 0.15) is 119 Å².